The van der Waals surface area contributed by atoms with E-state index in [1.165, 1.54) is 0 Å². The van der Waals surface area contributed by atoms with Gasteiger partial charge in [0, 0.05) is 24.9 Å². The van der Waals surface area contributed by atoms with E-state index in [1.807, 2.05) is 36.9 Å². The average molecular weight is 219 g/mol. The highest BCUT2D eigenvalue weighted by Crippen LogP contribution is 2.24. The molecule has 0 aliphatic carbocycles. The summed E-state index contributed by atoms with van der Waals surface area (Å²) in [5, 5.41) is 5.61. The van der Waals surface area contributed by atoms with Gasteiger partial charge in [0.1, 0.15) is 5.75 Å². The van der Waals surface area contributed by atoms with Gasteiger partial charge in [0.25, 0.3) is 0 Å². The van der Waals surface area contributed by atoms with Crippen molar-refractivity contribution in [1.29, 1.82) is 0 Å². The van der Waals surface area contributed by atoms with Crippen molar-refractivity contribution in [3.05, 3.63) is 23.9 Å². The minimum atomic E-state index is 0.115. The first-order valence-corrected chi connectivity index (χ1v) is 5.37. The van der Waals surface area contributed by atoms with Crippen LogP contribution in [0.25, 0.3) is 10.9 Å². The Kier molecular flexibility index (Phi) is 2.83. The summed E-state index contributed by atoms with van der Waals surface area (Å²) in [4.78, 5) is 0. The van der Waals surface area contributed by atoms with Crippen LogP contribution in [0.4, 0.5) is 0 Å². The third-order valence-electron chi connectivity index (χ3n) is 2.65. The second-order valence-electron chi connectivity index (χ2n) is 4.13. The van der Waals surface area contributed by atoms with Gasteiger partial charge in [-0.3, -0.25) is 4.68 Å². The number of aromatic nitrogens is 2. The molecule has 1 aromatic heterocycles. The van der Waals surface area contributed by atoms with Crippen molar-refractivity contribution in [2.45, 2.75) is 19.4 Å². The van der Waals surface area contributed by atoms with Gasteiger partial charge in [-0.15, -0.1) is 0 Å². The average Bonchev–Trinajstić information content (AvgIpc) is 2.54. The topological polar surface area (TPSA) is 53.1 Å². The molecule has 2 aromatic rings. The molecule has 16 heavy (non-hydrogen) atoms. The van der Waals surface area contributed by atoms with E-state index in [4.69, 9.17) is 10.5 Å². The van der Waals surface area contributed by atoms with E-state index in [2.05, 4.69) is 5.10 Å². The standard InChI is InChI=1S/C12H17N3O/c1-8(13)6-11-10-7-9(16-3)4-5-12(10)15(2)14-11/h4-5,7-8H,6,13H2,1-3H3. The summed E-state index contributed by atoms with van der Waals surface area (Å²) in [6, 6.07) is 6.09. The molecule has 0 spiro atoms. The highest BCUT2D eigenvalue weighted by Gasteiger charge is 2.10. The zero-order valence-corrected chi connectivity index (χ0v) is 9.90. The third-order valence-corrected chi connectivity index (χ3v) is 2.65. The number of nitrogens with zero attached hydrogens (tertiary/aromatic N) is 2. The van der Waals surface area contributed by atoms with Crippen molar-refractivity contribution >= 4 is 10.9 Å². The SMILES string of the molecule is COc1ccc2c(c1)c(CC(C)N)nn2C. The van der Waals surface area contributed by atoms with Crippen molar-refractivity contribution in [3.8, 4) is 5.75 Å². The van der Waals surface area contributed by atoms with Crippen LogP contribution in [0, 0.1) is 0 Å². The number of hydrogen-bond donors (Lipinski definition) is 1. The zero-order valence-electron chi connectivity index (χ0n) is 9.90. The van der Waals surface area contributed by atoms with E-state index in [9.17, 15) is 0 Å². The highest BCUT2D eigenvalue weighted by molar-refractivity contribution is 5.83. The van der Waals surface area contributed by atoms with Gasteiger partial charge in [-0.2, -0.15) is 5.10 Å². The smallest absolute Gasteiger partial charge is 0.119 e. The summed E-state index contributed by atoms with van der Waals surface area (Å²) < 4.78 is 7.10. The first kappa shape index (κ1) is 11.0. The van der Waals surface area contributed by atoms with E-state index in [-0.39, 0.29) is 6.04 Å². The Bertz CT molecular complexity index is 502. The van der Waals surface area contributed by atoms with Crippen LogP contribution in [-0.4, -0.2) is 22.9 Å². The van der Waals surface area contributed by atoms with Gasteiger partial charge in [0.15, 0.2) is 0 Å². The summed E-state index contributed by atoms with van der Waals surface area (Å²) in [6.45, 7) is 1.99. The summed E-state index contributed by atoms with van der Waals surface area (Å²) in [5.74, 6) is 0.853. The number of hydrogen-bond acceptors (Lipinski definition) is 3. The Hall–Kier alpha value is -1.55. The monoisotopic (exact) mass is 219 g/mol. The lowest BCUT2D eigenvalue weighted by Gasteiger charge is -2.02. The normalized spacial score (nSPS) is 13.0. The van der Waals surface area contributed by atoms with E-state index >= 15 is 0 Å². The summed E-state index contributed by atoms with van der Waals surface area (Å²) in [5.41, 5.74) is 7.96. The fourth-order valence-corrected chi connectivity index (χ4v) is 1.90. The second kappa shape index (κ2) is 4.14. The predicted octanol–water partition coefficient (Wildman–Crippen LogP) is 1.47. The molecule has 0 aliphatic rings. The van der Waals surface area contributed by atoms with Crippen LogP contribution in [0.15, 0.2) is 18.2 Å². The van der Waals surface area contributed by atoms with Gasteiger partial charge in [-0.1, -0.05) is 0 Å². The van der Waals surface area contributed by atoms with E-state index in [0.717, 1.165) is 28.8 Å². The lowest BCUT2D eigenvalue weighted by Crippen LogP contribution is -2.18. The fraction of sp³-hybridized carbons (Fsp3) is 0.417. The summed E-state index contributed by atoms with van der Waals surface area (Å²) in [7, 11) is 3.61. The highest BCUT2D eigenvalue weighted by atomic mass is 16.5. The number of ether oxygens (including phenoxy) is 1. The summed E-state index contributed by atoms with van der Waals surface area (Å²) in [6.07, 6.45) is 0.782. The fourth-order valence-electron chi connectivity index (χ4n) is 1.90. The molecule has 4 heteroatoms. The minimum absolute atomic E-state index is 0.115. The molecule has 1 atom stereocenters. The first-order valence-electron chi connectivity index (χ1n) is 5.37. The van der Waals surface area contributed by atoms with Crippen LogP contribution in [0.1, 0.15) is 12.6 Å². The molecule has 0 bridgehead atoms. The minimum Gasteiger partial charge on any atom is -0.497 e. The van der Waals surface area contributed by atoms with Gasteiger partial charge >= 0.3 is 0 Å². The van der Waals surface area contributed by atoms with Crippen molar-refractivity contribution in [2.75, 3.05) is 7.11 Å². The van der Waals surface area contributed by atoms with Gasteiger partial charge in [-0.05, 0) is 25.1 Å². The first-order chi connectivity index (χ1) is 7.61. The van der Waals surface area contributed by atoms with Crippen LogP contribution >= 0.6 is 0 Å². The number of methoxy groups -OCH3 is 1. The Labute approximate surface area is 95.0 Å². The third kappa shape index (κ3) is 1.88. The molecule has 0 saturated heterocycles. The van der Waals surface area contributed by atoms with Crippen molar-refractivity contribution < 1.29 is 4.74 Å². The molecule has 1 unspecified atom stereocenters. The molecule has 0 amide bonds. The molecular weight excluding hydrogens is 202 g/mol. The van der Waals surface area contributed by atoms with Crippen LogP contribution in [0.5, 0.6) is 5.75 Å². The number of rotatable bonds is 3. The number of benzene rings is 1. The Morgan fingerprint density at radius 2 is 2.25 bits per heavy atom. The molecule has 4 nitrogen and oxygen atoms in total. The summed E-state index contributed by atoms with van der Waals surface area (Å²) >= 11 is 0. The van der Waals surface area contributed by atoms with E-state index < -0.39 is 0 Å². The Morgan fingerprint density at radius 3 is 2.88 bits per heavy atom. The molecule has 1 heterocycles. The van der Waals surface area contributed by atoms with E-state index in [0.29, 0.717) is 0 Å². The molecule has 0 saturated carbocycles. The van der Waals surface area contributed by atoms with Crippen LogP contribution in [0.2, 0.25) is 0 Å². The van der Waals surface area contributed by atoms with Crippen molar-refractivity contribution in [2.24, 2.45) is 12.8 Å². The predicted molar refractivity (Wildman–Crippen MR) is 64.6 cm³/mol. The van der Waals surface area contributed by atoms with Gasteiger partial charge < -0.3 is 10.5 Å². The van der Waals surface area contributed by atoms with Crippen LogP contribution in [0.3, 0.4) is 0 Å². The molecule has 0 fully saturated rings. The van der Waals surface area contributed by atoms with Gasteiger partial charge in [-0.25, -0.2) is 0 Å². The largest absolute Gasteiger partial charge is 0.497 e. The van der Waals surface area contributed by atoms with Crippen molar-refractivity contribution in [3.63, 3.8) is 0 Å². The molecule has 2 N–H and O–H groups in total. The maximum atomic E-state index is 5.81. The van der Waals surface area contributed by atoms with Crippen molar-refractivity contribution in [1.82, 2.24) is 9.78 Å². The number of aryl methyl sites for hydroxylation is 1. The number of nitrogens with two attached hydrogens (primary N) is 1. The van der Waals surface area contributed by atoms with Crippen LogP contribution < -0.4 is 10.5 Å². The maximum absolute atomic E-state index is 5.81. The lowest BCUT2D eigenvalue weighted by atomic mass is 10.1. The van der Waals surface area contributed by atoms with E-state index in [1.54, 1.807) is 7.11 Å². The Morgan fingerprint density at radius 1 is 1.50 bits per heavy atom. The quantitative estimate of drug-likeness (QED) is 0.850. The number of fused-ring (bicyclic) bond motifs is 1. The molecule has 1 aromatic carbocycles. The second-order valence-corrected chi connectivity index (χ2v) is 4.13. The molecular formula is C12H17N3O. The maximum Gasteiger partial charge on any atom is 0.119 e. The Balaban J connectivity index is 2.56. The molecule has 2 rings (SSSR count). The molecule has 86 valence electrons. The molecule has 0 aliphatic heterocycles. The molecule has 0 radical (unpaired) electrons. The van der Waals surface area contributed by atoms with Gasteiger partial charge in [0.2, 0.25) is 0 Å². The zero-order chi connectivity index (χ0) is 11.7. The van der Waals surface area contributed by atoms with Gasteiger partial charge in [0.05, 0.1) is 18.3 Å². The lowest BCUT2D eigenvalue weighted by molar-refractivity contribution is 0.415. The van der Waals surface area contributed by atoms with Crippen LogP contribution in [-0.2, 0) is 13.5 Å².